The second kappa shape index (κ2) is 14.4. The summed E-state index contributed by atoms with van der Waals surface area (Å²) in [6.07, 6.45) is 5.96. The van der Waals surface area contributed by atoms with Crippen LogP contribution in [-0.2, 0) is 13.0 Å². The van der Waals surface area contributed by atoms with Gasteiger partial charge in [-0.15, -0.1) is 0 Å². The number of aryl methyl sites for hydroxylation is 2. The summed E-state index contributed by atoms with van der Waals surface area (Å²) >= 11 is 0. The van der Waals surface area contributed by atoms with Crippen LogP contribution in [0.3, 0.4) is 0 Å². The van der Waals surface area contributed by atoms with Crippen LogP contribution in [0.15, 0.2) is 72.8 Å². The predicted octanol–water partition coefficient (Wildman–Crippen LogP) is 7.17. The van der Waals surface area contributed by atoms with Gasteiger partial charge in [0, 0.05) is 25.1 Å². The highest BCUT2D eigenvalue weighted by Crippen LogP contribution is 2.26. The van der Waals surface area contributed by atoms with Gasteiger partial charge >= 0.3 is 0 Å². The molecule has 1 heterocycles. The van der Waals surface area contributed by atoms with E-state index in [2.05, 4.69) is 66.2 Å². The third-order valence-electron chi connectivity index (χ3n) is 7.00. The van der Waals surface area contributed by atoms with Crippen molar-refractivity contribution in [2.45, 2.75) is 64.8 Å². The molecule has 4 rings (SSSR count). The van der Waals surface area contributed by atoms with Crippen LogP contribution in [0.25, 0.3) is 11.0 Å². The molecule has 0 aliphatic rings. The Morgan fingerprint density at radius 2 is 1.74 bits per heavy atom. The van der Waals surface area contributed by atoms with E-state index >= 15 is 0 Å². The predicted molar refractivity (Wildman–Crippen MR) is 158 cm³/mol. The van der Waals surface area contributed by atoms with Crippen LogP contribution in [0.5, 0.6) is 11.5 Å². The molecule has 4 aromatic rings. The average molecular weight is 528 g/mol. The second-order valence-electron chi connectivity index (χ2n) is 10.2. The minimum absolute atomic E-state index is 0.0626. The van der Waals surface area contributed by atoms with Crippen LogP contribution in [0.1, 0.15) is 73.6 Å². The normalized spacial score (nSPS) is 11.2. The molecule has 39 heavy (non-hydrogen) atoms. The molecule has 0 fully saturated rings. The van der Waals surface area contributed by atoms with Crippen LogP contribution < -0.4 is 14.8 Å². The second-order valence-corrected chi connectivity index (χ2v) is 10.2. The number of ether oxygens (including phenoxy) is 2. The van der Waals surface area contributed by atoms with Crippen LogP contribution >= 0.6 is 0 Å². The first-order valence-corrected chi connectivity index (χ1v) is 14.1. The van der Waals surface area contributed by atoms with E-state index in [0.29, 0.717) is 30.4 Å². The lowest BCUT2D eigenvalue weighted by Gasteiger charge is -2.14. The van der Waals surface area contributed by atoms with Gasteiger partial charge in [0.1, 0.15) is 17.3 Å². The van der Waals surface area contributed by atoms with Gasteiger partial charge in [-0.1, -0.05) is 56.7 Å². The maximum Gasteiger partial charge on any atom is 0.251 e. The standard InChI is InChI=1S/C33H41N3O3/c1-25(2)28-16-6-9-19-31(28)39-23-12-11-22-36-30-18-8-7-17-29(30)35-32(36)20-5-4-10-21-34-33(37)26-14-13-15-27(24-26)38-3/h6-9,13-19,24-25H,4-5,10-12,20-23H2,1-3H3,(H,34,37). The Hall–Kier alpha value is -3.80. The molecular weight excluding hydrogens is 486 g/mol. The van der Waals surface area contributed by atoms with Gasteiger partial charge in [-0.3, -0.25) is 4.79 Å². The smallest absolute Gasteiger partial charge is 0.251 e. The fraction of sp³-hybridized carbons (Fsp3) is 0.394. The van der Waals surface area contributed by atoms with E-state index in [1.165, 1.54) is 11.1 Å². The number of hydrogen-bond acceptors (Lipinski definition) is 4. The maximum absolute atomic E-state index is 12.4. The summed E-state index contributed by atoms with van der Waals surface area (Å²) in [6.45, 7) is 6.71. The Balaban J connectivity index is 1.23. The quantitative estimate of drug-likeness (QED) is 0.166. The Morgan fingerprint density at radius 1 is 0.923 bits per heavy atom. The molecule has 0 unspecified atom stereocenters. The summed E-state index contributed by atoms with van der Waals surface area (Å²) in [7, 11) is 1.61. The lowest BCUT2D eigenvalue weighted by Crippen LogP contribution is -2.24. The number of methoxy groups -OCH3 is 1. The number of aromatic nitrogens is 2. The highest BCUT2D eigenvalue weighted by molar-refractivity contribution is 5.94. The number of para-hydroxylation sites is 3. The van der Waals surface area contributed by atoms with E-state index in [9.17, 15) is 4.79 Å². The molecule has 3 aromatic carbocycles. The average Bonchev–Trinajstić information content (AvgIpc) is 3.31. The summed E-state index contributed by atoms with van der Waals surface area (Å²) < 4.78 is 13.7. The Labute approximate surface area is 232 Å². The number of unbranched alkanes of at least 4 members (excludes halogenated alkanes) is 3. The van der Waals surface area contributed by atoms with Crippen molar-refractivity contribution in [3.63, 3.8) is 0 Å². The molecule has 0 aliphatic carbocycles. The van der Waals surface area contributed by atoms with Crippen LogP contribution in [-0.4, -0.2) is 35.7 Å². The van der Waals surface area contributed by atoms with Crippen molar-refractivity contribution in [1.82, 2.24) is 14.9 Å². The summed E-state index contributed by atoms with van der Waals surface area (Å²) in [6, 6.07) is 24.0. The van der Waals surface area contributed by atoms with Crippen molar-refractivity contribution in [2.75, 3.05) is 20.3 Å². The first-order chi connectivity index (χ1) is 19.1. The van der Waals surface area contributed by atoms with Gasteiger partial charge in [-0.2, -0.15) is 0 Å². The van der Waals surface area contributed by atoms with Crippen molar-refractivity contribution >= 4 is 16.9 Å². The van der Waals surface area contributed by atoms with Crippen molar-refractivity contribution in [3.8, 4) is 11.5 Å². The van der Waals surface area contributed by atoms with E-state index in [0.717, 1.165) is 62.2 Å². The molecular formula is C33H41N3O3. The van der Waals surface area contributed by atoms with E-state index in [1.54, 1.807) is 19.2 Å². The molecule has 0 spiro atoms. The lowest BCUT2D eigenvalue weighted by molar-refractivity contribution is 0.0952. The largest absolute Gasteiger partial charge is 0.497 e. The molecule has 0 radical (unpaired) electrons. The number of benzene rings is 3. The maximum atomic E-state index is 12.4. The highest BCUT2D eigenvalue weighted by Gasteiger charge is 2.11. The Morgan fingerprint density at radius 3 is 2.59 bits per heavy atom. The van der Waals surface area contributed by atoms with Gasteiger partial charge in [-0.05, 0) is 73.6 Å². The monoisotopic (exact) mass is 527 g/mol. The molecule has 0 bridgehead atoms. The molecule has 6 heteroatoms. The number of imidazole rings is 1. The van der Waals surface area contributed by atoms with Crippen LogP contribution in [0.2, 0.25) is 0 Å². The summed E-state index contributed by atoms with van der Waals surface area (Å²) in [4.78, 5) is 17.3. The van der Waals surface area contributed by atoms with E-state index in [1.807, 2.05) is 18.2 Å². The summed E-state index contributed by atoms with van der Waals surface area (Å²) in [5.74, 6) is 3.22. The number of rotatable bonds is 15. The molecule has 1 amide bonds. The summed E-state index contributed by atoms with van der Waals surface area (Å²) in [5, 5.41) is 3.02. The lowest BCUT2D eigenvalue weighted by atomic mass is 10.0. The number of amides is 1. The van der Waals surface area contributed by atoms with Crippen molar-refractivity contribution in [1.29, 1.82) is 0 Å². The number of hydrogen-bond donors (Lipinski definition) is 1. The van der Waals surface area contributed by atoms with Crippen molar-refractivity contribution < 1.29 is 14.3 Å². The van der Waals surface area contributed by atoms with E-state index in [-0.39, 0.29) is 5.91 Å². The molecule has 1 aromatic heterocycles. The molecule has 0 saturated heterocycles. The van der Waals surface area contributed by atoms with Crippen LogP contribution in [0.4, 0.5) is 0 Å². The van der Waals surface area contributed by atoms with Crippen LogP contribution in [0, 0.1) is 0 Å². The summed E-state index contributed by atoms with van der Waals surface area (Å²) in [5.41, 5.74) is 4.14. The fourth-order valence-corrected chi connectivity index (χ4v) is 4.86. The molecule has 206 valence electrons. The number of nitrogens with one attached hydrogen (secondary N) is 1. The molecule has 0 aliphatic heterocycles. The fourth-order valence-electron chi connectivity index (χ4n) is 4.86. The van der Waals surface area contributed by atoms with Gasteiger partial charge in [-0.25, -0.2) is 4.98 Å². The number of fused-ring (bicyclic) bond motifs is 1. The van der Waals surface area contributed by atoms with Gasteiger partial charge in [0.2, 0.25) is 0 Å². The van der Waals surface area contributed by atoms with Crippen molar-refractivity contribution in [3.05, 3.63) is 89.7 Å². The van der Waals surface area contributed by atoms with E-state index < -0.39 is 0 Å². The molecule has 0 atom stereocenters. The van der Waals surface area contributed by atoms with Crippen molar-refractivity contribution in [2.24, 2.45) is 0 Å². The number of nitrogens with zero attached hydrogens (tertiary/aromatic N) is 2. The molecule has 1 N–H and O–H groups in total. The first-order valence-electron chi connectivity index (χ1n) is 14.1. The first kappa shape index (κ1) is 28.2. The number of carbonyl (C=O) groups excluding carboxylic acids is 1. The number of carbonyl (C=O) groups is 1. The van der Waals surface area contributed by atoms with E-state index in [4.69, 9.17) is 14.5 Å². The molecule has 0 saturated carbocycles. The topological polar surface area (TPSA) is 65.4 Å². The van der Waals surface area contributed by atoms with Gasteiger partial charge in [0.25, 0.3) is 5.91 Å². The molecule has 6 nitrogen and oxygen atoms in total. The Bertz CT molecular complexity index is 1350. The Kier molecular flexibility index (Phi) is 10.4. The highest BCUT2D eigenvalue weighted by atomic mass is 16.5. The SMILES string of the molecule is COc1cccc(C(=O)NCCCCCc2nc3ccccc3n2CCCCOc2ccccc2C(C)C)c1. The zero-order valence-electron chi connectivity index (χ0n) is 23.5. The third kappa shape index (κ3) is 7.85. The van der Waals surface area contributed by atoms with Gasteiger partial charge < -0.3 is 19.4 Å². The van der Waals surface area contributed by atoms with Gasteiger partial charge in [0.15, 0.2) is 0 Å². The minimum atomic E-state index is -0.0626. The third-order valence-corrected chi connectivity index (χ3v) is 7.00. The van der Waals surface area contributed by atoms with Gasteiger partial charge in [0.05, 0.1) is 24.8 Å². The zero-order chi connectivity index (χ0) is 27.5. The minimum Gasteiger partial charge on any atom is -0.497 e. The zero-order valence-corrected chi connectivity index (χ0v) is 23.5.